The number of allylic oxidation sites excluding steroid dienone is 1. The maximum absolute atomic E-state index is 8.68. The van der Waals surface area contributed by atoms with Gasteiger partial charge in [0.25, 0.3) is 0 Å². The molecule has 0 bridgehead atoms. The van der Waals surface area contributed by atoms with Crippen LogP contribution in [0, 0.1) is 0 Å². The number of hydrogen-bond donors (Lipinski definition) is 2. The summed E-state index contributed by atoms with van der Waals surface area (Å²) in [5, 5.41) is 12.1. The molecule has 94 valence electrons. The SMILES string of the molecule is OCCCN=C1N=C(Cl)C(=Cc2ccccc2)N1. The number of nitrogens with zero attached hydrogens (tertiary/aromatic N) is 2. The van der Waals surface area contributed by atoms with Gasteiger partial charge in [-0.05, 0) is 18.1 Å². The highest BCUT2D eigenvalue weighted by atomic mass is 35.5. The Morgan fingerprint density at radius 3 is 2.83 bits per heavy atom. The smallest absolute Gasteiger partial charge is 0.224 e. The zero-order valence-corrected chi connectivity index (χ0v) is 10.6. The maximum atomic E-state index is 8.68. The molecule has 5 heteroatoms. The molecule has 1 aliphatic rings. The van der Waals surface area contributed by atoms with Crippen LogP contribution in [0.25, 0.3) is 6.08 Å². The van der Waals surface area contributed by atoms with E-state index in [1.165, 1.54) is 0 Å². The molecule has 0 aliphatic carbocycles. The van der Waals surface area contributed by atoms with E-state index >= 15 is 0 Å². The topological polar surface area (TPSA) is 57.0 Å². The fourth-order valence-corrected chi connectivity index (χ4v) is 1.68. The van der Waals surface area contributed by atoms with Gasteiger partial charge >= 0.3 is 0 Å². The van der Waals surface area contributed by atoms with E-state index in [-0.39, 0.29) is 6.61 Å². The quantitative estimate of drug-likeness (QED) is 0.817. The van der Waals surface area contributed by atoms with Crippen molar-refractivity contribution in [3.63, 3.8) is 0 Å². The molecule has 0 unspecified atom stereocenters. The van der Waals surface area contributed by atoms with Crippen molar-refractivity contribution >= 4 is 28.8 Å². The first-order valence-electron chi connectivity index (χ1n) is 5.73. The molecule has 2 rings (SSSR count). The van der Waals surface area contributed by atoms with Crippen LogP contribution in [0.5, 0.6) is 0 Å². The van der Waals surface area contributed by atoms with Crippen LogP contribution >= 0.6 is 11.6 Å². The van der Waals surface area contributed by atoms with Gasteiger partial charge in [0.1, 0.15) is 0 Å². The minimum Gasteiger partial charge on any atom is -0.396 e. The molecule has 0 radical (unpaired) electrons. The normalized spacial score (nSPS) is 19.1. The van der Waals surface area contributed by atoms with E-state index in [0.717, 1.165) is 11.3 Å². The summed E-state index contributed by atoms with van der Waals surface area (Å²) in [6.07, 6.45) is 2.54. The van der Waals surface area contributed by atoms with Gasteiger partial charge in [-0.3, -0.25) is 4.99 Å². The van der Waals surface area contributed by atoms with Crippen LogP contribution in [0.4, 0.5) is 0 Å². The second kappa shape index (κ2) is 6.33. The van der Waals surface area contributed by atoms with Crippen molar-refractivity contribution in [2.75, 3.05) is 13.2 Å². The first-order chi connectivity index (χ1) is 8.79. The van der Waals surface area contributed by atoms with E-state index in [4.69, 9.17) is 16.7 Å². The maximum Gasteiger partial charge on any atom is 0.224 e. The van der Waals surface area contributed by atoms with Crippen LogP contribution in [-0.4, -0.2) is 29.4 Å². The van der Waals surface area contributed by atoms with Crippen molar-refractivity contribution in [1.82, 2.24) is 5.32 Å². The van der Waals surface area contributed by atoms with Crippen LogP contribution in [0.2, 0.25) is 0 Å². The van der Waals surface area contributed by atoms with E-state index in [1.807, 2.05) is 36.4 Å². The Bertz CT molecular complexity index is 494. The largest absolute Gasteiger partial charge is 0.396 e. The molecule has 0 amide bonds. The summed E-state index contributed by atoms with van der Waals surface area (Å²) in [4.78, 5) is 8.30. The molecule has 0 atom stereocenters. The number of hydrogen-bond acceptors (Lipinski definition) is 2. The number of nitrogens with one attached hydrogen (secondary N) is 1. The molecule has 1 aromatic rings. The number of aliphatic imine (C=N–C) groups is 2. The van der Waals surface area contributed by atoms with Crippen LogP contribution in [0.15, 0.2) is 46.0 Å². The number of rotatable bonds is 4. The number of aliphatic hydroxyl groups excluding tert-OH is 1. The predicted octanol–water partition coefficient (Wildman–Crippen LogP) is 2.01. The molecule has 1 aromatic carbocycles. The molecular weight excluding hydrogens is 250 g/mol. The summed E-state index contributed by atoms with van der Waals surface area (Å²) >= 11 is 6.02. The lowest BCUT2D eigenvalue weighted by Gasteiger charge is -1.99. The summed E-state index contributed by atoms with van der Waals surface area (Å²) in [5.41, 5.74) is 1.79. The molecule has 0 aromatic heterocycles. The summed E-state index contributed by atoms with van der Waals surface area (Å²) < 4.78 is 0. The highest BCUT2D eigenvalue weighted by molar-refractivity contribution is 6.71. The average Bonchev–Trinajstić information content (AvgIpc) is 2.72. The molecule has 4 nitrogen and oxygen atoms in total. The van der Waals surface area contributed by atoms with Gasteiger partial charge in [0.05, 0.1) is 5.70 Å². The minimum absolute atomic E-state index is 0.126. The fourth-order valence-electron chi connectivity index (χ4n) is 1.50. The van der Waals surface area contributed by atoms with Crippen molar-refractivity contribution in [2.45, 2.75) is 6.42 Å². The van der Waals surface area contributed by atoms with Crippen LogP contribution in [0.3, 0.4) is 0 Å². The Balaban J connectivity index is 2.08. The Morgan fingerprint density at radius 2 is 2.11 bits per heavy atom. The van der Waals surface area contributed by atoms with E-state index in [9.17, 15) is 0 Å². The second-order valence-corrected chi connectivity index (χ2v) is 4.14. The minimum atomic E-state index is 0.126. The molecule has 1 aliphatic heterocycles. The summed E-state index contributed by atoms with van der Waals surface area (Å²) in [5.74, 6) is 0.496. The highest BCUT2D eigenvalue weighted by Gasteiger charge is 2.15. The van der Waals surface area contributed by atoms with Crippen LogP contribution in [-0.2, 0) is 0 Å². The predicted molar refractivity (Wildman–Crippen MR) is 74.8 cm³/mol. The summed E-state index contributed by atoms with van der Waals surface area (Å²) in [7, 11) is 0. The molecular formula is C13H14ClN3O. The lowest BCUT2D eigenvalue weighted by Crippen LogP contribution is -2.15. The van der Waals surface area contributed by atoms with Crippen molar-refractivity contribution in [3.8, 4) is 0 Å². The van der Waals surface area contributed by atoms with Gasteiger partial charge in [-0.2, -0.15) is 4.99 Å². The monoisotopic (exact) mass is 263 g/mol. The zero-order chi connectivity index (χ0) is 12.8. The molecule has 0 saturated heterocycles. The third-order valence-corrected chi connectivity index (χ3v) is 2.65. The first kappa shape index (κ1) is 12.8. The third-order valence-electron chi connectivity index (χ3n) is 2.36. The lowest BCUT2D eigenvalue weighted by molar-refractivity contribution is 0.291. The Labute approximate surface area is 111 Å². The van der Waals surface area contributed by atoms with Crippen molar-refractivity contribution in [2.24, 2.45) is 9.98 Å². The first-order valence-corrected chi connectivity index (χ1v) is 6.11. The molecule has 0 saturated carbocycles. The number of halogens is 1. The van der Waals surface area contributed by atoms with Gasteiger partial charge in [-0.25, -0.2) is 0 Å². The summed E-state index contributed by atoms with van der Waals surface area (Å²) in [6.45, 7) is 0.659. The molecule has 1 heterocycles. The Hall–Kier alpha value is -1.65. The Kier molecular flexibility index (Phi) is 4.50. The lowest BCUT2D eigenvalue weighted by atomic mass is 10.2. The van der Waals surface area contributed by atoms with E-state index in [2.05, 4.69) is 15.3 Å². The van der Waals surface area contributed by atoms with Gasteiger partial charge in [0.2, 0.25) is 5.96 Å². The molecule has 0 fully saturated rings. The van der Waals surface area contributed by atoms with Crippen molar-refractivity contribution < 1.29 is 5.11 Å². The fraction of sp³-hybridized carbons (Fsp3) is 0.231. The van der Waals surface area contributed by atoms with Gasteiger partial charge < -0.3 is 10.4 Å². The van der Waals surface area contributed by atoms with Crippen molar-refractivity contribution in [3.05, 3.63) is 41.6 Å². The van der Waals surface area contributed by atoms with E-state index < -0.39 is 0 Å². The van der Waals surface area contributed by atoms with Gasteiger partial charge in [0, 0.05) is 13.2 Å². The third kappa shape index (κ3) is 3.42. The van der Waals surface area contributed by atoms with Gasteiger partial charge in [0.15, 0.2) is 5.17 Å². The van der Waals surface area contributed by atoms with Crippen LogP contribution < -0.4 is 5.32 Å². The average molecular weight is 264 g/mol. The standard InChI is InChI=1S/C13H14ClN3O/c14-12-11(9-10-5-2-1-3-6-10)16-13(17-12)15-7-4-8-18/h1-3,5-6,9,18H,4,7-8H2,(H,15,16). The van der Waals surface area contributed by atoms with E-state index in [1.54, 1.807) is 0 Å². The van der Waals surface area contributed by atoms with Gasteiger partial charge in [-0.15, -0.1) is 0 Å². The number of benzene rings is 1. The molecule has 18 heavy (non-hydrogen) atoms. The molecule has 0 spiro atoms. The Morgan fingerprint density at radius 1 is 1.33 bits per heavy atom. The number of aliphatic hydroxyl groups is 1. The molecule has 2 N–H and O–H groups in total. The van der Waals surface area contributed by atoms with Crippen LogP contribution in [0.1, 0.15) is 12.0 Å². The van der Waals surface area contributed by atoms with Crippen molar-refractivity contribution in [1.29, 1.82) is 0 Å². The number of guanidine groups is 1. The zero-order valence-electron chi connectivity index (χ0n) is 9.81. The second-order valence-electron chi connectivity index (χ2n) is 3.78. The van der Waals surface area contributed by atoms with Gasteiger partial charge in [-0.1, -0.05) is 41.9 Å². The highest BCUT2D eigenvalue weighted by Crippen LogP contribution is 2.13. The summed E-state index contributed by atoms with van der Waals surface area (Å²) in [6, 6.07) is 9.85. The van der Waals surface area contributed by atoms with E-state index in [0.29, 0.717) is 24.1 Å².